The molecule has 1 saturated heterocycles. The Bertz CT molecular complexity index is 441. The average molecular weight is 252 g/mol. The van der Waals surface area contributed by atoms with E-state index >= 15 is 0 Å². The van der Waals surface area contributed by atoms with Gasteiger partial charge >= 0.3 is 5.97 Å². The van der Waals surface area contributed by atoms with Gasteiger partial charge in [0.1, 0.15) is 5.76 Å². The third-order valence-corrected chi connectivity index (χ3v) is 2.82. The Morgan fingerprint density at radius 2 is 2.44 bits per heavy atom. The van der Waals surface area contributed by atoms with E-state index in [9.17, 15) is 9.59 Å². The topological polar surface area (TPSA) is 80.6 Å². The van der Waals surface area contributed by atoms with Gasteiger partial charge in [-0.3, -0.25) is 4.79 Å². The predicted octanol–water partition coefficient (Wildman–Crippen LogP) is 0.434. The van der Waals surface area contributed by atoms with Crippen molar-refractivity contribution in [3.05, 3.63) is 23.7 Å². The van der Waals surface area contributed by atoms with Crippen LogP contribution >= 0.6 is 0 Å². The van der Waals surface area contributed by atoms with E-state index in [2.05, 4.69) is 15.4 Å². The normalized spacial score (nSPS) is 18.7. The minimum atomic E-state index is -0.482. The van der Waals surface area contributed by atoms with Crippen molar-refractivity contribution in [1.29, 1.82) is 0 Å². The summed E-state index contributed by atoms with van der Waals surface area (Å²) in [6.07, 6.45) is 1.46. The van der Waals surface area contributed by atoms with Crippen molar-refractivity contribution >= 4 is 11.9 Å². The zero-order valence-electron chi connectivity index (χ0n) is 10.2. The standard InChI is InChI=1S/C12H16N2O4/c1-17-12(16)10-4-3-9(18-10)7-13-6-8-2-5-11(15)14-8/h3-4,8,13H,2,5-7H2,1H3,(H,14,15). The highest BCUT2D eigenvalue weighted by Gasteiger charge is 2.20. The average Bonchev–Trinajstić information content (AvgIpc) is 2.98. The fourth-order valence-corrected chi connectivity index (χ4v) is 1.88. The second-order valence-corrected chi connectivity index (χ2v) is 4.19. The van der Waals surface area contributed by atoms with Crippen LogP contribution in [0.3, 0.4) is 0 Å². The van der Waals surface area contributed by atoms with Crippen LogP contribution in [-0.4, -0.2) is 31.6 Å². The number of ether oxygens (including phenoxy) is 1. The highest BCUT2D eigenvalue weighted by Crippen LogP contribution is 2.09. The maximum absolute atomic E-state index is 11.2. The molecule has 98 valence electrons. The molecule has 2 N–H and O–H groups in total. The van der Waals surface area contributed by atoms with Gasteiger partial charge in [-0.25, -0.2) is 4.79 Å². The Morgan fingerprint density at radius 1 is 1.61 bits per heavy atom. The number of carbonyl (C=O) groups excluding carboxylic acids is 2. The fraction of sp³-hybridized carbons (Fsp3) is 0.500. The van der Waals surface area contributed by atoms with Crippen LogP contribution in [0.1, 0.15) is 29.2 Å². The van der Waals surface area contributed by atoms with Gasteiger partial charge in [0.2, 0.25) is 11.7 Å². The van der Waals surface area contributed by atoms with E-state index in [1.54, 1.807) is 12.1 Å². The summed E-state index contributed by atoms with van der Waals surface area (Å²) in [5.74, 6) is 0.486. The SMILES string of the molecule is COC(=O)c1ccc(CNCC2CCC(=O)N2)o1. The first-order valence-corrected chi connectivity index (χ1v) is 5.86. The molecule has 1 aromatic heterocycles. The largest absolute Gasteiger partial charge is 0.463 e. The molecule has 1 atom stereocenters. The lowest BCUT2D eigenvalue weighted by molar-refractivity contribution is -0.119. The molecule has 0 radical (unpaired) electrons. The van der Waals surface area contributed by atoms with Gasteiger partial charge < -0.3 is 19.8 Å². The van der Waals surface area contributed by atoms with E-state index in [1.165, 1.54) is 7.11 Å². The number of esters is 1. The molecule has 6 nitrogen and oxygen atoms in total. The third-order valence-electron chi connectivity index (χ3n) is 2.82. The van der Waals surface area contributed by atoms with E-state index in [-0.39, 0.29) is 17.7 Å². The quantitative estimate of drug-likeness (QED) is 0.743. The van der Waals surface area contributed by atoms with Crippen LogP contribution in [0.2, 0.25) is 0 Å². The zero-order valence-corrected chi connectivity index (χ0v) is 10.2. The van der Waals surface area contributed by atoms with Gasteiger partial charge in [0.15, 0.2) is 0 Å². The number of rotatable bonds is 5. The summed E-state index contributed by atoms with van der Waals surface area (Å²) >= 11 is 0. The Morgan fingerprint density at radius 3 is 3.11 bits per heavy atom. The predicted molar refractivity (Wildman–Crippen MR) is 62.9 cm³/mol. The summed E-state index contributed by atoms with van der Waals surface area (Å²) in [6.45, 7) is 1.21. The minimum Gasteiger partial charge on any atom is -0.463 e. The lowest BCUT2D eigenvalue weighted by Gasteiger charge is -2.09. The van der Waals surface area contributed by atoms with Gasteiger partial charge in [-0.05, 0) is 18.6 Å². The molecular weight excluding hydrogens is 236 g/mol. The first kappa shape index (κ1) is 12.6. The number of furan rings is 1. The molecule has 2 heterocycles. The number of amides is 1. The van der Waals surface area contributed by atoms with E-state index in [0.717, 1.165) is 6.42 Å². The van der Waals surface area contributed by atoms with Crippen molar-refractivity contribution in [3.8, 4) is 0 Å². The zero-order chi connectivity index (χ0) is 13.0. The molecule has 1 fully saturated rings. The molecular formula is C12H16N2O4. The van der Waals surface area contributed by atoms with E-state index in [0.29, 0.717) is 25.3 Å². The molecule has 0 saturated carbocycles. The summed E-state index contributed by atoms with van der Waals surface area (Å²) in [5, 5.41) is 6.04. The number of methoxy groups -OCH3 is 1. The van der Waals surface area contributed by atoms with Crippen LogP contribution in [-0.2, 0) is 16.1 Å². The number of nitrogens with one attached hydrogen (secondary N) is 2. The molecule has 1 aliphatic rings. The van der Waals surface area contributed by atoms with Crippen LogP contribution in [0.15, 0.2) is 16.5 Å². The molecule has 1 aliphatic heterocycles. The second kappa shape index (κ2) is 5.68. The second-order valence-electron chi connectivity index (χ2n) is 4.19. The minimum absolute atomic E-state index is 0.104. The lowest BCUT2D eigenvalue weighted by Crippen LogP contribution is -2.35. The monoisotopic (exact) mass is 252 g/mol. The van der Waals surface area contributed by atoms with Crippen LogP contribution in [0.25, 0.3) is 0 Å². The molecule has 6 heteroatoms. The van der Waals surface area contributed by atoms with Crippen LogP contribution in [0.4, 0.5) is 0 Å². The van der Waals surface area contributed by atoms with Gasteiger partial charge in [-0.1, -0.05) is 0 Å². The van der Waals surface area contributed by atoms with Crippen molar-refractivity contribution < 1.29 is 18.7 Å². The molecule has 2 rings (SSSR count). The summed E-state index contributed by atoms with van der Waals surface area (Å²) < 4.78 is 9.84. The number of hydrogen-bond donors (Lipinski definition) is 2. The molecule has 18 heavy (non-hydrogen) atoms. The first-order valence-electron chi connectivity index (χ1n) is 5.86. The van der Waals surface area contributed by atoms with E-state index < -0.39 is 5.97 Å². The van der Waals surface area contributed by atoms with Gasteiger partial charge in [0.05, 0.1) is 13.7 Å². The Hall–Kier alpha value is -1.82. The summed E-state index contributed by atoms with van der Waals surface area (Å²) in [5.41, 5.74) is 0. The lowest BCUT2D eigenvalue weighted by atomic mass is 10.2. The maximum atomic E-state index is 11.2. The Kier molecular flexibility index (Phi) is 3.99. The molecule has 1 aromatic rings. The third kappa shape index (κ3) is 3.10. The van der Waals surface area contributed by atoms with Gasteiger partial charge in [-0.15, -0.1) is 0 Å². The molecule has 0 spiro atoms. The highest BCUT2D eigenvalue weighted by atomic mass is 16.5. The molecule has 0 aromatic carbocycles. The number of hydrogen-bond acceptors (Lipinski definition) is 5. The summed E-state index contributed by atoms with van der Waals surface area (Å²) in [6, 6.07) is 3.50. The van der Waals surface area contributed by atoms with Crippen molar-refractivity contribution in [3.63, 3.8) is 0 Å². The molecule has 1 unspecified atom stereocenters. The smallest absolute Gasteiger partial charge is 0.373 e. The summed E-state index contributed by atoms with van der Waals surface area (Å²) in [7, 11) is 1.31. The van der Waals surface area contributed by atoms with Gasteiger partial charge in [0, 0.05) is 19.0 Å². The van der Waals surface area contributed by atoms with Gasteiger partial charge in [-0.2, -0.15) is 0 Å². The molecule has 0 aliphatic carbocycles. The van der Waals surface area contributed by atoms with Crippen molar-refractivity contribution in [1.82, 2.24) is 10.6 Å². The fourth-order valence-electron chi connectivity index (χ4n) is 1.88. The van der Waals surface area contributed by atoms with Crippen molar-refractivity contribution in [2.45, 2.75) is 25.4 Å². The molecule has 1 amide bonds. The molecule has 0 bridgehead atoms. The van der Waals surface area contributed by atoms with E-state index in [1.807, 2.05) is 0 Å². The highest BCUT2D eigenvalue weighted by molar-refractivity contribution is 5.86. The van der Waals surface area contributed by atoms with Gasteiger partial charge in [0.25, 0.3) is 0 Å². The Labute approximate surface area is 105 Å². The maximum Gasteiger partial charge on any atom is 0.373 e. The van der Waals surface area contributed by atoms with Crippen molar-refractivity contribution in [2.75, 3.05) is 13.7 Å². The summed E-state index contributed by atoms with van der Waals surface area (Å²) in [4.78, 5) is 22.2. The Balaban J connectivity index is 1.75. The first-order chi connectivity index (χ1) is 8.69. The number of carbonyl (C=O) groups is 2. The van der Waals surface area contributed by atoms with Crippen molar-refractivity contribution in [2.24, 2.45) is 0 Å². The van der Waals surface area contributed by atoms with Crippen LogP contribution in [0, 0.1) is 0 Å². The van der Waals surface area contributed by atoms with Crippen LogP contribution < -0.4 is 10.6 Å². The van der Waals surface area contributed by atoms with Crippen LogP contribution in [0.5, 0.6) is 0 Å². The van der Waals surface area contributed by atoms with E-state index in [4.69, 9.17) is 4.42 Å².